The quantitative estimate of drug-likeness (QED) is 0.842. The van der Waals surface area contributed by atoms with Crippen molar-refractivity contribution in [2.75, 3.05) is 6.54 Å². The van der Waals surface area contributed by atoms with Gasteiger partial charge in [0.1, 0.15) is 0 Å². The van der Waals surface area contributed by atoms with Crippen LogP contribution in [0.2, 0.25) is 0 Å². The van der Waals surface area contributed by atoms with E-state index in [1.807, 2.05) is 4.68 Å². The SMILES string of the molecule is CC(C)CNCc1ccn(CC2CCC(C)O2)n1. The highest BCUT2D eigenvalue weighted by molar-refractivity contribution is 4.98. The van der Waals surface area contributed by atoms with Crippen LogP contribution < -0.4 is 5.32 Å². The molecule has 1 aliphatic rings. The van der Waals surface area contributed by atoms with Gasteiger partial charge in [-0.2, -0.15) is 5.10 Å². The summed E-state index contributed by atoms with van der Waals surface area (Å²) >= 11 is 0. The summed E-state index contributed by atoms with van der Waals surface area (Å²) in [6.45, 7) is 9.34. The smallest absolute Gasteiger partial charge is 0.0775 e. The zero-order chi connectivity index (χ0) is 13.0. The summed E-state index contributed by atoms with van der Waals surface area (Å²) in [6.07, 6.45) is 5.14. The Morgan fingerprint density at radius 3 is 3.00 bits per heavy atom. The van der Waals surface area contributed by atoms with Gasteiger partial charge in [-0.1, -0.05) is 13.8 Å². The number of rotatable bonds is 6. The molecule has 1 fully saturated rings. The molecule has 2 unspecified atom stereocenters. The Morgan fingerprint density at radius 2 is 2.33 bits per heavy atom. The van der Waals surface area contributed by atoms with Gasteiger partial charge in [0.2, 0.25) is 0 Å². The fraction of sp³-hybridized carbons (Fsp3) is 0.786. The lowest BCUT2D eigenvalue weighted by Crippen LogP contribution is -2.20. The van der Waals surface area contributed by atoms with Crippen molar-refractivity contribution in [3.05, 3.63) is 18.0 Å². The topological polar surface area (TPSA) is 39.1 Å². The highest BCUT2D eigenvalue weighted by Crippen LogP contribution is 2.20. The lowest BCUT2D eigenvalue weighted by molar-refractivity contribution is 0.0436. The molecule has 0 spiro atoms. The summed E-state index contributed by atoms with van der Waals surface area (Å²) in [5, 5.41) is 7.98. The van der Waals surface area contributed by atoms with E-state index in [1.54, 1.807) is 0 Å². The maximum absolute atomic E-state index is 5.81. The first-order valence-corrected chi connectivity index (χ1v) is 7.02. The standard InChI is InChI=1S/C14H25N3O/c1-11(2)8-15-9-13-6-7-17(16-13)10-14-5-4-12(3)18-14/h6-7,11-12,14-15H,4-5,8-10H2,1-3H3. The van der Waals surface area contributed by atoms with Crippen molar-refractivity contribution in [3.8, 4) is 0 Å². The molecule has 1 aliphatic heterocycles. The van der Waals surface area contributed by atoms with Gasteiger partial charge in [0.05, 0.1) is 24.4 Å². The Bertz CT molecular complexity index is 362. The molecule has 0 amide bonds. The Labute approximate surface area is 110 Å². The lowest BCUT2D eigenvalue weighted by Gasteiger charge is -2.10. The minimum atomic E-state index is 0.344. The number of hydrogen-bond acceptors (Lipinski definition) is 3. The van der Waals surface area contributed by atoms with Crippen LogP contribution in [0.1, 0.15) is 39.3 Å². The van der Waals surface area contributed by atoms with Gasteiger partial charge in [0.25, 0.3) is 0 Å². The average molecular weight is 251 g/mol. The maximum atomic E-state index is 5.81. The van der Waals surface area contributed by atoms with E-state index in [-0.39, 0.29) is 0 Å². The molecular weight excluding hydrogens is 226 g/mol. The number of nitrogens with one attached hydrogen (secondary N) is 1. The van der Waals surface area contributed by atoms with E-state index < -0.39 is 0 Å². The van der Waals surface area contributed by atoms with E-state index >= 15 is 0 Å². The maximum Gasteiger partial charge on any atom is 0.0775 e. The Balaban J connectivity index is 1.75. The Hall–Kier alpha value is -0.870. The highest BCUT2D eigenvalue weighted by Gasteiger charge is 2.22. The van der Waals surface area contributed by atoms with E-state index in [2.05, 4.69) is 43.4 Å². The highest BCUT2D eigenvalue weighted by atomic mass is 16.5. The van der Waals surface area contributed by atoms with Gasteiger partial charge in [-0.25, -0.2) is 0 Å². The van der Waals surface area contributed by atoms with Crippen LogP contribution in [-0.4, -0.2) is 28.5 Å². The number of nitrogens with zero attached hydrogens (tertiary/aromatic N) is 2. The van der Waals surface area contributed by atoms with Crippen LogP contribution in [0, 0.1) is 5.92 Å². The van der Waals surface area contributed by atoms with Crippen LogP contribution in [0.25, 0.3) is 0 Å². The first-order chi connectivity index (χ1) is 8.63. The van der Waals surface area contributed by atoms with Crippen LogP contribution in [0.3, 0.4) is 0 Å². The van der Waals surface area contributed by atoms with Crippen LogP contribution in [0.4, 0.5) is 0 Å². The summed E-state index contributed by atoms with van der Waals surface area (Å²) in [4.78, 5) is 0. The van der Waals surface area contributed by atoms with Crippen LogP contribution in [0.15, 0.2) is 12.3 Å². The minimum Gasteiger partial charge on any atom is -0.373 e. The summed E-state index contributed by atoms with van der Waals surface area (Å²) in [5.74, 6) is 0.681. The molecule has 102 valence electrons. The van der Waals surface area contributed by atoms with E-state index in [4.69, 9.17) is 4.74 Å². The molecule has 1 N–H and O–H groups in total. The van der Waals surface area contributed by atoms with Crippen LogP contribution in [0.5, 0.6) is 0 Å². The Kier molecular flexibility index (Phi) is 4.78. The number of aromatic nitrogens is 2. The number of ether oxygens (including phenoxy) is 1. The van der Waals surface area contributed by atoms with Crippen molar-refractivity contribution < 1.29 is 4.74 Å². The summed E-state index contributed by atoms with van der Waals surface area (Å²) < 4.78 is 7.82. The molecule has 18 heavy (non-hydrogen) atoms. The molecule has 1 aromatic rings. The fourth-order valence-corrected chi connectivity index (χ4v) is 2.32. The molecule has 4 nitrogen and oxygen atoms in total. The molecule has 1 saturated heterocycles. The fourth-order valence-electron chi connectivity index (χ4n) is 2.32. The minimum absolute atomic E-state index is 0.344. The third-order valence-corrected chi connectivity index (χ3v) is 3.27. The van der Waals surface area contributed by atoms with Crippen molar-refractivity contribution in [3.63, 3.8) is 0 Å². The van der Waals surface area contributed by atoms with Crippen molar-refractivity contribution in [1.29, 1.82) is 0 Å². The first-order valence-electron chi connectivity index (χ1n) is 7.02. The summed E-state index contributed by atoms with van der Waals surface area (Å²) in [5.41, 5.74) is 1.11. The van der Waals surface area contributed by atoms with E-state index in [9.17, 15) is 0 Å². The van der Waals surface area contributed by atoms with Crippen LogP contribution >= 0.6 is 0 Å². The predicted molar refractivity (Wildman–Crippen MR) is 72.3 cm³/mol. The van der Waals surface area contributed by atoms with Gasteiger partial charge >= 0.3 is 0 Å². The predicted octanol–water partition coefficient (Wildman–Crippen LogP) is 2.20. The zero-order valence-corrected chi connectivity index (χ0v) is 11.7. The average Bonchev–Trinajstić information content (AvgIpc) is 2.89. The third kappa shape index (κ3) is 4.10. The largest absolute Gasteiger partial charge is 0.373 e. The molecule has 0 bridgehead atoms. The van der Waals surface area contributed by atoms with Crippen molar-refractivity contribution in [2.24, 2.45) is 5.92 Å². The van der Waals surface area contributed by atoms with E-state index in [0.717, 1.165) is 31.7 Å². The molecule has 0 radical (unpaired) electrons. The van der Waals surface area contributed by atoms with E-state index in [1.165, 1.54) is 6.42 Å². The molecule has 2 atom stereocenters. The first kappa shape index (κ1) is 13.6. The molecule has 0 aliphatic carbocycles. The second-order valence-electron chi connectivity index (χ2n) is 5.70. The number of hydrogen-bond donors (Lipinski definition) is 1. The molecular formula is C14H25N3O. The molecule has 1 aromatic heterocycles. The zero-order valence-electron chi connectivity index (χ0n) is 11.7. The third-order valence-electron chi connectivity index (χ3n) is 3.27. The molecule has 4 heteroatoms. The second-order valence-corrected chi connectivity index (χ2v) is 5.70. The molecule has 0 aromatic carbocycles. The lowest BCUT2D eigenvalue weighted by atomic mass is 10.2. The monoisotopic (exact) mass is 251 g/mol. The molecule has 2 rings (SSSR count). The summed E-state index contributed by atoms with van der Waals surface area (Å²) in [6, 6.07) is 2.09. The van der Waals surface area contributed by atoms with Crippen molar-refractivity contribution >= 4 is 0 Å². The normalized spacial score (nSPS) is 24.0. The van der Waals surface area contributed by atoms with Gasteiger partial charge in [-0.3, -0.25) is 4.68 Å². The van der Waals surface area contributed by atoms with Gasteiger partial charge in [-0.15, -0.1) is 0 Å². The van der Waals surface area contributed by atoms with Gasteiger partial charge < -0.3 is 10.1 Å². The molecule has 2 heterocycles. The van der Waals surface area contributed by atoms with Gasteiger partial charge in [0.15, 0.2) is 0 Å². The second kappa shape index (κ2) is 6.34. The van der Waals surface area contributed by atoms with Crippen molar-refractivity contribution in [1.82, 2.24) is 15.1 Å². The van der Waals surface area contributed by atoms with Crippen molar-refractivity contribution in [2.45, 2.75) is 58.9 Å². The van der Waals surface area contributed by atoms with Gasteiger partial charge in [-0.05, 0) is 38.3 Å². The van der Waals surface area contributed by atoms with E-state index in [0.29, 0.717) is 18.1 Å². The molecule has 0 saturated carbocycles. The Morgan fingerprint density at radius 1 is 1.50 bits per heavy atom. The summed E-state index contributed by atoms with van der Waals surface area (Å²) in [7, 11) is 0. The van der Waals surface area contributed by atoms with Crippen LogP contribution in [-0.2, 0) is 17.8 Å². The van der Waals surface area contributed by atoms with Gasteiger partial charge in [0, 0.05) is 12.7 Å².